The molecule has 1 aromatic heterocycles. The minimum atomic E-state index is -0.192. The normalized spacial score (nSPS) is 18.1. The van der Waals surface area contributed by atoms with E-state index in [-0.39, 0.29) is 23.0 Å². The minimum absolute atomic E-state index is 0.0170. The van der Waals surface area contributed by atoms with Crippen LogP contribution in [0, 0.1) is 0 Å². The summed E-state index contributed by atoms with van der Waals surface area (Å²) in [6.45, 7) is 3.10. The fourth-order valence-corrected chi connectivity index (χ4v) is 5.72. The average molecular weight is 501 g/mol. The first-order chi connectivity index (χ1) is 17.6. The van der Waals surface area contributed by atoms with Crippen LogP contribution in [0.2, 0.25) is 0 Å². The molecule has 0 saturated carbocycles. The van der Waals surface area contributed by atoms with Crippen molar-refractivity contribution >= 4 is 28.9 Å². The fraction of sp³-hybridized carbons (Fsp3) is 0.310. The number of thiol groups is 1. The van der Waals surface area contributed by atoms with E-state index >= 15 is 0 Å². The van der Waals surface area contributed by atoms with Gasteiger partial charge in [0, 0.05) is 38.3 Å². The van der Waals surface area contributed by atoms with E-state index < -0.39 is 0 Å². The Kier molecular flexibility index (Phi) is 7.58. The molecule has 2 unspecified atom stereocenters. The van der Waals surface area contributed by atoms with Crippen molar-refractivity contribution in [1.29, 1.82) is 0 Å². The molecule has 5 rings (SSSR count). The number of imidazole rings is 1. The number of H-pyrrole nitrogens is 1. The van der Waals surface area contributed by atoms with Crippen LogP contribution in [0.5, 0.6) is 0 Å². The standard InChI is InChI=1S/C29H32N4O2S/c34-28-30-26-13-7-8-14-27(26)33(28)25-16-18-32(29(35)36)24(19-25)15-17-31(20-22-9-3-1-4-10-22)21-23-11-5-2-6-12-23/h1-14,24-25H,15-21H2,(H,30,34)(H,35,36). The lowest BCUT2D eigenvalue weighted by molar-refractivity contribution is 0.127. The highest BCUT2D eigenvalue weighted by atomic mass is 32.1. The van der Waals surface area contributed by atoms with Crippen LogP contribution in [0.15, 0.2) is 89.7 Å². The van der Waals surface area contributed by atoms with E-state index in [1.165, 1.54) is 11.1 Å². The van der Waals surface area contributed by atoms with E-state index in [4.69, 9.17) is 0 Å². The van der Waals surface area contributed by atoms with Gasteiger partial charge in [-0.3, -0.25) is 14.3 Å². The largest absolute Gasteiger partial charge is 0.331 e. The minimum Gasteiger partial charge on any atom is -0.331 e. The molecule has 1 fully saturated rings. The van der Waals surface area contributed by atoms with Gasteiger partial charge in [-0.25, -0.2) is 4.79 Å². The summed E-state index contributed by atoms with van der Waals surface area (Å²) in [5, 5.41) is -0.192. The van der Waals surface area contributed by atoms with Crippen LogP contribution in [0.4, 0.5) is 4.79 Å². The van der Waals surface area contributed by atoms with Gasteiger partial charge in [0.25, 0.3) is 5.24 Å². The monoisotopic (exact) mass is 500 g/mol. The summed E-state index contributed by atoms with van der Waals surface area (Å²) in [6, 6.07) is 28.8. The molecule has 1 aliphatic rings. The van der Waals surface area contributed by atoms with E-state index in [1.54, 1.807) is 0 Å². The zero-order valence-corrected chi connectivity index (χ0v) is 21.2. The molecule has 186 valence electrons. The Morgan fingerprint density at radius 1 is 0.917 bits per heavy atom. The molecule has 3 aromatic carbocycles. The van der Waals surface area contributed by atoms with Crippen LogP contribution in [-0.4, -0.2) is 43.7 Å². The Bertz CT molecular complexity index is 1310. The summed E-state index contributed by atoms with van der Waals surface area (Å²) in [7, 11) is 0. The quantitative estimate of drug-likeness (QED) is 0.315. The topological polar surface area (TPSA) is 61.3 Å². The number of para-hydroxylation sites is 2. The third-order valence-electron chi connectivity index (χ3n) is 7.20. The van der Waals surface area contributed by atoms with Gasteiger partial charge in [0.1, 0.15) is 0 Å². The van der Waals surface area contributed by atoms with Gasteiger partial charge >= 0.3 is 5.69 Å². The van der Waals surface area contributed by atoms with Crippen molar-refractivity contribution in [3.63, 3.8) is 0 Å². The zero-order chi connectivity index (χ0) is 24.9. The number of rotatable bonds is 8. The Hall–Kier alpha value is -3.29. The number of carbonyl (C=O) groups excluding carboxylic acids is 1. The van der Waals surface area contributed by atoms with E-state index in [9.17, 15) is 9.59 Å². The Balaban J connectivity index is 1.35. The van der Waals surface area contributed by atoms with Crippen molar-refractivity contribution in [3.05, 3.63) is 107 Å². The molecule has 0 bridgehead atoms. The molecule has 1 saturated heterocycles. The number of aromatic amines is 1. The molecular weight excluding hydrogens is 468 g/mol. The molecule has 2 atom stereocenters. The van der Waals surface area contributed by atoms with Crippen LogP contribution in [0.25, 0.3) is 11.0 Å². The molecule has 6 nitrogen and oxygen atoms in total. The number of likely N-dealkylation sites (tertiary alicyclic amines) is 1. The van der Waals surface area contributed by atoms with E-state index in [0.717, 1.165) is 49.9 Å². The first-order valence-corrected chi connectivity index (χ1v) is 13.0. The van der Waals surface area contributed by atoms with E-state index in [2.05, 4.69) is 71.0 Å². The maximum absolute atomic E-state index is 12.8. The molecule has 1 N–H and O–H groups in total. The van der Waals surface area contributed by atoms with Crippen LogP contribution in [0.3, 0.4) is 0 Å². The van der Waals surface area contributed by atoms with Crippen molar-refractivity contribution < 1.29 is 4.79 Å². The number of nitrogens with one attached hydrogen (secondary N) is 1. The van der Waals surface area contributed by atoms with Gasteiger partial charge in [-0.15, -0.1) is 0 Å². The van der Waals surface area contributed by atoms with Crippen molar-refractivity contribution in [1.82, 2.24) is 19.4 Å². The number of benzene rings is 3. The predicted molar refractivity (Wildman–Crippen MR) is 147 cm³/mol. The lowest BCUT2D eigenvalue weighted by Crippen LogP contribution is -2.46. The van der Waals surface area contributed by atoms with Gasteiger partial charge in [-0.05, 0) is 42.5 Å². The summed E-state index contributed by atoms with van der Waals surface area (Å²) in [5.74, 6) is 0. The number of nitrogens with zero attached hydrogens (tertiary/aromatic N) is 3. The third kappa shape index (κ3) is 5.58. The van der Waals surface area contributed by atoms with Crippen LogP contribution >= 0.6 is 12.6 Å². The highest BCUT2D eigenvalue weighted by molar-refractivity contribution is 7.96. The fourth-order valence-electron chi connectivity index (χ4n) is 5.46. The number of hydrogen-bond acceptors (Lipinski definition) is 3. The van der Waals surface area contributed by atoms with Crippen molar-refractivity contribution in [2.24, 2.45) is 0 Å². The predicted octanol–water partition coefficient (Wildman–Crippen LogP) is 5.48. The number of piperidine rings is 1. The van der Waals surface area contributed by atoms with Crippen LogP contribution < -0.4 is 5.69 Å². The zero-order valence-electron chi connectivity index (χ0n) is 20.3. The smallest absolute Gasteiger partial charge is 0.326 e. The summed E-state index contributed by atoms with van der Waals surface area (Å²) < 4.78 is 1.88. The summed E-state index contributed by atoms with van der Waals surface area (Å²) >= 11 is 4.19. The molecule has 0 spiro atoms. The molecule has 36 heavy (non-hydrogen) atoms. The van der Waals surface area contributed by atoms with E-state index in [0.29, 0.717) is 6.54 Å². The van der Waals surface area contributed by atoms with E-state index in [1.807, 2.05) is 45.9 Å². The second-order valence-electron chi connectivity index (χ2n) is 9.60. The highest BCUT2D eigenvalue weighted by Crippen LogP contribution is 2.31. The number of carbonyl (C=O) groups is 1. The first-order valence-electron chi connectivity index (χ1n) is 12.6. The van der Waals surface area contributed by atoms with Gasteiger partial charge in [-0.1, -0.05) is 85.4 Å². The molecular formula is C29H32N4O2S. The van der Waals surface area contributed by atoms with Gasteiger partial charge in [-0.2, -0.15) is 0 Å². The SMILES string of the molecule is O=C(S)N1CCC(n2c(=O)[nH]c3ccccc32)CC1CCN(Cc1ccccc1)Cc1ccccc1. The number of aromatic nitrogens is 2. The first kappa shape index (κ1) is 24.4. The maximum Gasteiger partial charge on any atom is 0.326 e. The number of hydrogen-bond donors (Lipinski definition) is 2. The number of fused-ring (bicyclic) bond motifs is 1. The van der Waals surface area contributed by atoms with Crippen LogP contribution in [0.1, 0.15) is 36.4 Å². The summed E-state index contributed by atoms with van der Waals surface area (Å²) in [5.41, 5.74) is 4.22. The Labute approximate surface area is 217 Å². The maximum atomic E-state index is 12.8. The lowest BCUT2D eigenvalue weighted by Gasteiger charge is -2.40. The molecule has 1 amide bonds. The van der Waals surface area contributed by atoms with Gasteiger partial charge in [0.2, 0.25) is 0 Å². The third-order valence-corrected chi connectivity index (χ3v) is 7.46. The number of amides is 1. The molecule has 4 aromatic rings. The second-order valence-corrected chi connectivity index (χ2v) is 9.98. The molecule has 0 radical (unpaired) electrons. The Morgan fingerprint density at radius 3 is 2.17 bits per heavy atom. The van der Waals surface area contributed by atoms with Crippen molar-refractivity contribution in [2.45, 2.75) is 44.4 Å². The Morgan fingerprint density at radius 2 is 1.53 bits per heavy atom. The second kappa shape index (κ2) is 11.2. The highest BCUT2D eigenvalue weighted by Gasteiger charge is 2.32. The summed E-state index contributed by atoms with van der Waals surface area (Å²) in [6.07, 6.45) is 2.29. The van der Waals surface area contributed by atoms with Gasteiger partial charge < -0.3 is 9.88 Å². The van der Waals surface area contributed by atoms with Gasteiger partial charge in [0.05, 0.1) is 11.0 Å². The molecule has 2 heterocycles. The molecule has 1 aliphatic heterocycles. The van der Waals surface area contributed by atoms with Crippen LogP contribution in [-0.2, 0) is 13.1 Å². The summed E-state index contributed by atoms with van der Waals surface area (Å²) in [4.78, 5) is 32.5. The van der Waals surface area contributed by atoms with Gasteiger partial charge in [0.15, 0.2) is 0 Å². The van der Waals surface area contributed by atoms with Crippen molar-refractivity contribution in [3.8, 4) is 0 Å². The van der Waals surface area contributed by atoms with Crippen molar-refractivity contribution in [2.75, 3.05) is 13.1 Å². The average Bonchev–Trinajstić information content (AvgIpc) is 3.24. The lowest BCUT2D eigenvalue weighted by atomic mass is 9.94. The molecule has 0 aliphatic carbocycles. The molecule has 7 heteroatoms.